The van der Waals surface area contributed by atoms with Gasteiger partial charge >= 0.3 is 6.09 Å². The third-order valence-corrected chi connectivity index (χ3v) is 12.2. The monoisotopic (exact) mass is 510 g/mol. The SMILES string of the molecule is CC(C)(C)OC(=O)N1CCN(C2COCC2O[Si](c2ccccc2)(c2ccccc2)C(C)(C)C)CC1. The van der Waals surface area contributed by atoms with Crippen molar-refractivity contribution in [3.05, 3.63) is 60.7 Å². The van der Waals surface area contributed by atoms with Gasteiger partial charge < -0.3 is 18.8 Å². The summed E-state index contributed by atoms with van der Waals surface area (Å²) in [5.41, 5.74) is -0.484. The predicted octanol–water partition coefficient (Wildman–Crippen LogP) is 3.88. The molecule has 2 unspecified atom stereocenters. The van der Waals surface area contributed by atoms with Gasteiger partial charge in [0.15, 0.2) is 0 Å². The molecule has 36 heavy (non-hydrogen) atoms. The van der Waals surface area contributed by atoms with Crippen LogP contribution in [0.4, 0.5) is 4.79 Å². The molecule has 0 N–H and O–H groups in total. The van der Waals surface area contributed by atoms with Crippen molar-refractivity contribution in [1.82, 2.24) is 9.80 Å². The molecule has 2 atom stereocenters. The van der Waals surface area contributed by atoms with Gasteiger partial charge in [-0.2, -0.15) is 0 Å². The summed E-state index contributed by atoms with van der Waals surface area (Å²) >= 11 is 0. The molecule has 2 fully saturated rings. The van der Waals surface area contributed by atoms with E-state index in [1.165, 1.54) is 10.4 Å². The standard InChI is InChI=1S/C29H42N2O4Si/c1-28(2,3)34-27(32)31-19-17-30(18-20-31)25-21-33-22-26(25)35-36(29(4,5)6,23-13-9-7-10-14-23)24-15-11-8-12-16-24/h7-16,25-26H,17-22H2,1-6H3. The lowest BCUT2D eigenvalue weighted by molar-refractivity contribution is 0.00421. The summed E-state index contributed by atoms with van der Waals surface area (Å²) in [5.74, 6) is 0. The summed E-state index contributed by atoms with van der Waals surface area (Å²) in [6.45, 7) is 16.8. The molecule has 4 rings (SSSR count). The van der Waals surface area contributed by atoms with Crippen LogP contribution in [0.2, 0.25) is 5.04 Å². The molecular weight excluding hydrogens is 468 g/mol. The van der Waals surface area contributed by atoms with Gasteiger partial charge in [0.1, 0.15) is 5.60 Å². The Kier molecular flexibility index (Phi) is 7.95. The van der Waals surface area contributed by atoms with Crippen LogP contribution in [0.1, 0.15) is 41.5 Å². The number of benzene rings is 2. The lowest BCUT2D eigenvalue weighted by Crippen LogP contribution is -2.69. The first-order valence-corrected chi connectivity index (χ1v) is 15.0. The molecule has 2 saturated heterocycles. The summed E-state index contributed by atoms with van der Waals surface area (Å²) < 4.78 is 19.0. The zero-order chi connectivity index (χ0) is 26.0. The number of hydrogen-bond donors (Lipinski definition) is 0. The number of piperazine rings is 1. The molecule has 0 aliphatic carbocycles. The van der Waals surface area contributed by atoms with E-state index in [9.17, 15) is 4.79 Å². The Morgan fingerprint density at radius 1 is 0.833 bits per heavy atom. The Labute approximate surface area is 217 Å². The average molecular weight is 511 g/mol. The van der Waals surface area contributed by atoms with E-state index in [0.717, 1.165) is 13.1 Å². The van der Waals surface area contributed by atoms with Crippen LogP contribution >= 0.6 is 0 Å². The number of nitrogens with zero attached hydrogens (tertiary/aromatic N) is 2. The van der Waals surface area contributed by atoms with Crippen molar-refractivity contribution >= 4 is 24.8 Å². The van der Waals surface area contributed by atoms with Gasteiger partial charge in [0.05, 0.1) is 25.4 Å². The highest BCUT2D eigenvalue weighted by Crippen LogP contribution is 2.38. The number of hydrogen-bond acceptors (Lipinski definition) is 5. The summed E-state index contributed by atoms with van der Waals surface area (Å²) in [6, 6.07) is 21.7. The fourth-order valence-corrected chi connectivity index (χ4v) is 10.2. The van der Waals surface area contributed by atoms with Gasteiger partial charge in [-0.15, -0.1) is 0 Å². The fraction of sp³-hybridized carbons (Fsp3) is 0.552. The average Bonchev–Trinajstić information content (AvgIpc) is 3.30. The zero-order valence-electron chi connectivity index (χ0n) is 22.7. The molecule has 1 amide bonds. The number of rotatable bonds is 5. The molecule has 2 heterocycles. The number of carbonyl (C=O) groups excluding carboxylic acids is 1. The molecule has 0 aromatic heterocycles. The minimum Gasteiger partial charge on any atom is -0.444 e. The molecule has 2 aliphatic heterocycles. The maximum absolute atomic E-state index is 12.6. The van der Waals surface area contributed by atoms with Gasteiger partial charge in [-0.1, -0.05) is 81.4 Å². The lowest BCUT2D eigenvalue weighted by atomic mass is 10.1. The number of carbonyl (C=O) groups is 1. The van der Waals surface area contributed by atoms with Gasteiger partial charge in [0, 0.05) is 26.2 Å². The van der Waals surface area contributed by atoms with Gasteiger partial charge in [-0.3, -0.25) is 4.90 Å². The molecule has 0 radical (unpaired) electrons. The van der Waals surface area contributed by atoms with E-state index in [0.29, 0.717) is 26.3 Å². The van der Waals surface area contributed by atoms with E-state index in [-0.39, 0.29) is 23.3 Å². The third-order valence-electron chi connectivity index (χ3n) is 7.18. The van der Waals surface area contributed by atoms with E-state index >= 15 is 0 Å². The van der Waals surface area contributed by atoms with Crippen molar-refractivity contribution < 1.29 is 18.7 Å². The Balaban J connectivity index is 1.57. The minimum atomic E-state index is -2.67. The summed E-state index contributed by atoms with van der Waals surface area (Å²) in [4.78, 5) is 16.8. The van der Waals surface area contributed by atoms with Crippen LogP contribution in [0.25, 0.3) is 0 Å². The van der Waals surface area contributed by atoms with E-state index < -0.39 is 13.9 Å². The second-order valence-electron chi connectivity index (χ2n) is 11.9. The van der Waals surface area contributed by atoms with E-state index in [1.807, 2.05) is 25.7 Å². The van der Waals surface area contributed by atoms with E-state index in [1.54, 1.807) is 0 Å². The maximum Gasteiger partial charge on any atom is 0.410 e. The highest BCUT2D eigenvalue weighted by Gasteiger charge is 2.53. The van der Waals surface area contributed by atoms with Crippen LogP contribution in [0.5, 0.6) is 0 Å². The first kappa shape index (κ1) is 26.9. The van der Waals surface area contributed by atoms with Crippen molar-refractivity contribution in [3.63, 3.8) is 0 Å². The summed E-state index contributed by atoms with van der Waals surface area (Å²) in [7, 11) is -2.67. The van der Waals surface area contributed by atoms with Gasteiger partial charge in [-0.05, 0) is 36.2 Å². The summed E-state index contributed by atoms with van der Waals surface area (Å²) in [5, 5.41) is 2.48. The summed E-state index contributed by atoms with van der Waals surface area (Å²) in [6.07, 6.45) is -0.269. The smallest absolute Gasteiger partial charge is 0.410 e. The van der Waals surface area contributed by atoms with Crippen LogP contribution in [-0.4, -0.2) is 81.4 Å². The molecule has 0 bridgehead atoms. The molecule has 2 aromatic rings. The topological polar surface area (TPSA) is 51.2 Å². The molecule has 0 saturated carbocycles. The predicted molar refractivity (Wildman–Crippen MR) is 146 cm³/mol. The van der Waals surface area contributed by atoms with Crippen LogP contribution in [0.3, 0.4) is 0 Å². The number of ether oxygens (including phenoxy) is 2. The Bertz CT molecular complexity index is 956. The van der Waals surface area contributed by atoms with Crippen LogP contribution in [0.15, 0.2) is 60.7 Å². The highest BCUT2D eigenvalue weighted by molar-refractivity contribution is 6.99. The first-order valence-electron chi connectivity index (χ1n) is 13.1. The largest absolute Gasteiger partial charge is 0.444 e. The number of amides is 1. The minimum absolute atomic E-state index is 0.0376. The molecule has 0 spiro atoms. The van der Waals surface area contributed by atoms with Crippen molar-refractivity contribution in [2.75, 3.05) is 39.4 Å². The zero-order valence-corrected chi connectivity index (χ0v) is 23.7. The van der Waals surface area contributed by atoms with Crippen LogP contribution in [-0.2, 0) is 13.9 Å². The first-order chi connectivity index (χ1) is 17.0. The lowest BCUT2D eigenvalue weighted by Gasteiger charge is -2.47. The molecule has 2 aliphatic rings. The third kappa shape index (κ3) is 5.69. The molecule has 196 valence electrons. The van der Waals surface area contributed by atoms with Crippen molar-refractivity contribution in [1.29, 1.82) is 0 Å². The quantitative estimate of drug-likeness (QED) is 0.572. The van der Waals surface area contributed by atoms with Crippen LogP contribution in [0, 0.1) is 0 Å². The molecule has 6 nitrogen and oxygen atoms in total. The van der Waals surface area contributed by atoms with E-state index in [2.05, 4.69) is 86.3 Å². The van der Waals surface area contributed by atoms with Crippen molar-refractivity contribution in [2.45, 2.75) is 64.3 Å². The molecular formula is C29H42N2O4Si. The van der Waals surface area contributed by atoms with Crippen molar-refractivity contribution in [2.24, 2.45) is 0 Å². The Hall–Kier alpha value is -2.19. The van der Waals surface area contributed by atoms with Gasteiger partial charge in [0.2, 0.25) is 0 Å². The van der Waals surface area contributed by atoms with Gasteiger partial charge in [-0.25, -0.2) is 4.79 Å². The Morgan fingerprint density at radius 3 is 1.83 bits per heavy atom. The second kappa shape index (κ2) is 10.7. The normalized spacial score (nSPS) is 22.0. The maximum atomic E-state index is 12.6. The Morgan fingerprint density at radius 2 is 1.36 bits per heavy atom. The van der Waals surface area contributed by atoms with Crippen LogP contribution < -0.4 is 10.4 Å². The fourth-order valence-electron chi connectivity index (χ4n) is 5.46. The molecule has 7 heteroatoms. The highest BCUT2D eigenvalue weighted by atomic mass is 28.4. The van der Waals surface area contributed by atoms with Crippen molar-refractivity contribution in [3.8, 4) is 0 Å². The van der Waals surface area contributed by atoms with E-state index in [4.69, 9.17) is 13.9 Å². The molecule has 2 aromatic carbocycles. The second-order valence-corrected chi connectivity index (χ2v) is 16.2. The van der Waals surface area contributed by atoms with Gasteiger partial charge in [0.25, 0.3) is 8.32 Å².